The fraction of sp³-hybridized carbons (Fsp3) is 0.789. The summed E-state index contributed by atoms with van der Waals surface area (Å²) in [7, 11) is 0. The second-order valence-corrected chi connectivity index (χ2v) is 9.64. The van der Waals surface area contributed by atoms with Crippen molar-refractivity contribution in [2.24, 2.45) is 11.3 Å². The van der Waals surface area contributed by atoms with Gasteiger partial charge in [-0.1, -0.05) is 0 Å². The van der Waals surface area contributed by atoms with E-state index in [2.05, 4.69) is 5.10 Å². The van der Waals surface area contributed by atoms with E-state index in [-0.39, 0.29) is 24.3 Å². The summed E-state index contributed by atoms with van der Waals surface area (Å²) < 4.78 is 46.7. The minimum Gasteiger partial charge on any atom is -0.444 e. The average molecular weight is 385 g/mol. The van der Waals surface area contributed by atoms with Crippen LogP contribution in [0.2, 0.25) is 0 Å². The molecule has 0 atom stereocenters. The average Bonchev–Trinajstić information content (AvgIpc) is 3.12. The summed E-state index contributed by atoms with van der Waals surface area (Å²) in [6, 6.07) is 0. The van der Waals surface area contributed by atoms with Crippen LogP contribution in [0.1, 0.15) is 52.0 Å². The van der Waals surface area contributed by atoms with Crippen molar-refractivity contribution in [2.75, 3.05) is 13.1 Å². The Morgan fingerprint density at radius 2 is 1.89 bits per heavy atom. The molecule has 8 heteroatoms. The molecule has 5 nitrogen and oxygen atoms in total. The number of likely N-dealkylation sites (tertiary alicyclic amines) is 1. The quantitative estimate of drug-likeness (QED) is 0.786. The highest BCUT2D eigenvalue weighted by Crippen LogP contribution is 2.59. The molecular weight excluding hydrogens is 359 g/mol. The molecule has 1 aromatic rings. The van der Waals surface area contributed by atoms with Gasteiger partial charge in [0.25, 0.3) is 0 Å². The van der Waals surface area contributed by atoms with Gasteiger partial charge in [-0.05, 0) is 52.4 Å². The van der Waals surface area contributed by atoms with Gasteiger partial charge < -0.3 is 9.64 Å². The van der Waals surface area contributed by atoms with Crippen molar-refractivity contribution in [2.45, 2.75) is 70.2 Å². The van der Waals surface area contributed by atoms with Crippen molar-refractivity contribution in [3.05, 3.63) is 18.0 Å². The summed E-state index contributed by atoms with van der Waals surface area (Å²) in [5.41, 5.74) is -1.69. The predicted octanol–water partition coefficient (Wildman–Crippen LogP) is 4.12. The number of alkyl halides is 3. The first-order valence-electron chi connectivity index (χ1n) is 9.49. The fourth-order valence-electron chi connectivity index (χ4n) is 4.61. The zero-order valence-electron chi connectivity index (χ0n) is 16.0. The van der Waals surface area contributed by atoms with Gasteiger partial charge in [-0.25, -0.2) is 4.79 Å². The highest BCUT2D eigenvalue weighted by molar-refractivity contribution is 5.69. The van der Waals surface area contributed by atoms with E-state index in [1.165, 1.54) is 6.20 Å². The van der Waals surface area contributed by atoms with Gasteiger partial charge in [0.15, 0.2) is 0 Å². The third kappa shape index (κ3) is 3.31. The smallest absolute Gasteiger partial charge is 0.410 e. The van der Waals surface area contributed by atoms with Crippen LogP contribution in [-0.2, 0) is 16.7 Å². The number of halogens is 3. The lowest BCUT2D eigenvalue weighted by Gasteiger charge is -2.58. The summed E-state index contributed by atoms with van der Waals surface area (Å²) >= 11 is 0. The largest absolute Gasteiger partial charge is 0.444 e. The van der Waals surface area contributed by atoms with E-state index in [9.17, 15) is 18.0 Å². The van der Waals surface area contributed by atoms with Gasteiger partial charge in [0.05, 0.1) is 11.6 Å². The first kappa shape index (κ1) is 18.6. The number of hydrogen-bond donors (Lipinski definition) is 0. The van der Waals surface area contributed by atoms with Crippen molar-refractivity contribution in [3.8, 4) is 0 Å². The zero-order chi connectivity index (χ0) is 19.7. The van der Waals surface area contributed by atoms with E-state index in [0.29, 0.717) is 31.1 Å². The summed E-state index contributed by atoms with van der Waals surface area (Å²) in [6.45, 7) is 7.61. The lowest BCUT2D eigenvalue weighted by atomic mass is 9.58. The van der Waals surface area contributed by atoms with Crippen LogP contribution < -0.4 is 0 Å². The third-order valence-electron chi connectivity index (χ3n) is 6.07. The van der Waals surface area contributed by atoms with Crippen LogP contribution in [0, 0.1) is 11.3 Å². The molecule has 3 fully saturated rings. The van der Waals surface area contributed by atoms with E-state index in [1.54, 1.807) is 15.8 Å². The molecule has 1 aromatic heterocycles. The Morgan fingerprint density at radius 3 is 2.41 bits per heavy atom. The molecule has 2 aliphatic carbocycles. The Bertz CT molecular complexity index is 732. The second kappa shape index (κ2) is 5.64. The maximum absolute atomic E-state index is 13.2. The van der Waals surface area contributed by atoms with Crippen LogP contribution in [0.25, 0.3) is 0 Å². The van der Waals surface area contributed by atoms with E-state index in [1.807, 2.05) is 20.8 Å². The number of amides is 1. The van der Waals surface area contributed by atoms with E-state index in [0.717, 1.165) is 12.8 Å². The van der Waals surface area contributed by atoms with Crippen LogP contribution in [0.5, 0.6) is 0 Å². The van der Waals surface area contributed by atoms with Gasteiger partial charge >= 0.3 is 12.3 Å². The number of carbonyl (C=O) groups is 1. The van der Waals surface area contributed by atoms with Gasteiger partial charge in [-0.15, -0.1) is 0 Å². The monoisotopic (exact) mass is 385 g/mol. The molecule has 0 radical (unpaired) electrons. The second-order valence-electron chi connectivity index (χ2n) is 9.64. The molecule has 1 saturated heterocycles. The normalized spacial score (nSPS) is 23.7. The number of hydrogen-bond acceptors (Lipinski definition) is 3. The topological polar surface area (TPSA) is 47.4 Å². The Kier molecular flexibility index (Phi) is 3.89. The predicted molar refractivity (Wildman–Crippen MR) is 92.2 cm³/mol. The minimum absolute atomic E-state index is 0.162. The van der Waals surface area contributed by atoms with Gasteiger partial charge in [-0.3, -0.25) is 4.68 Å². The fourth-order valence-corrected chi connectivity index (χ4v) is 4.61. The number of nitrogens with zero attached hydrogens (tertiary/aromatic N) is 3. The Morgan fingerprint density at radius 1 is 1.26 bits per heavy atom. The molecule has 150 valence electrons. The zero-order valence-corrected chi connectivity index (χ0v) is 16.0. The standard InChI is InChI=1S/C19H26F3N3O2/c1-16(2,3)27-15(26)24-11-17(12-24)6-13(7-17)9-25-10-14(8-23-25)18(4-5-18)19(20,21)22/h8,10,13H,4-7,9,11-12H2,1-3H3. The van der Waals surface area contributed by atoms with Crippen molar-refractivity contribution in [3.63, 3.8) is 0 Å². The maximum atomic E-state index is 13.2. The van der Waals surface area contributed by atoms with Gasteiger partial charge in [-0.2, -0.15) is 18.3 Å². The number of ether oxygens (including phenoxy) is 1. The lowest BCUT2D eigenvalue weighted by molar-refractivity contribution is -0.160. The van der Waals surface area contributed by atoms with Crippen molar-refractivity contribution in [1.82, 2.24) is 14.7 Å². The molecule has 2 heterocycles. The molecule has 2 saturated carbocycles. The molecule has 1 spiro atoms. The van der Waals surface area contributed by atoms with Gasteiger partial charge in [0, 0.05) is 36.8 Å². The first-order valence-corrected chi connectivity index (χ1v) is 9.49. The number of rotatable bonds is 3. The minimum atomic E-state index is -4.20. The molecule has 0 bridgehead atoms. The van der Waals surface area contributed by atoms with E-state index >= 15 is 0 Å². The molecule has 1 amide bonds. The lowest BCUT2D eigenvalue weighted by Crippen LogP contribution is -2.64. The van der Waals surface area contributed by atoms with Crippen LogP contribution in [0.4, 0.5) is 18.0 Å². The molecule has 0 unspecified atom stereocenters. The molecule has 3 aliphatic rings. The summed E-state index contributed by atoms with van der Waals surface area (Å²) in [5, 5.41) is 4.17. The van der Waals surface area contributed by atoms with Crippen molar-refractivity contribution in [1.29, 1.82) is 0 Å². The Labute approximate surface area is 156 Å². The van der Waals surface area contributed by atoms with Gasteiger partial charge in [0.2, 0.25) is 0 Å². The summed E-state index contributed by atoms with van der Waals surface area (Å²) in [6.07, 6.45) is 0.762. The Balaban J connectivity index is 1.26. The number of aromatic nitrogens is 2. The SMILES string of the molecule is CC(C)(C)OC(=O)N1CC2(CC(Cn3cc(C4(C(F)(F)F)CC4)cn3)C2)C1. The molecule has 27 heavy (non-hydrogen) atoms. The van der Waals surface area contributed by atoms with E-state index in [4.69, 9.17) is 4.74 Å². The third-order valence-corrected chi connectivity index (χ3v) is 6.07. The maximum Gasteiger partial charge on any atom is 0.410 e. The van der Waals surface area contributed by atoms with E-state index < -0.39 is 17.2 Å². The molecule has 4 rings (SSSR count). The highest BCUT2D eigenvalue weighted by Gasteiger charge is 2.64. The van der Waals surface area contributed by atoms with Crippen LogP contribution in [0.3, 0.4) is 0 Å². The first-order chi connectivity index (χ1) is 12.4. The summed E-state index contributed by atoms with van der Waals surface area (Å²) in [4.78, 5) is 13.8. The molecule has 0 N–H and O–H groups in total. The van der Waals surface area contributed by atoms with Crippen LogP contribution >= 0.6 is 0 Å². The van der Waals surface area contributed by atoms with Crippen LogP contribution in [0.15, 0.2) is 12.4 Å². The van der Waals surface area contributed by atoms with Crippen molar-refractivity contribution >= 4 is 6.09 Å². The molecule has 1 aliphatic heterocycles. The highest BCUT2D eigenvalue weighted by atomic mass is 19.4. The molecule has 0 aromatic carbocycles. The van der Waals surface area contributed by atoms with Gasteiger partial charge in [0.1, 0.15) is 5.60 Å². The van der Waals surface area contributed by atoms with Crippen LogP contribution in [-0.4, -0.2) is 45.6 Å². The Hall–Kier alpha value is -1.73. The van der Waals surface area contributed by atoms with Crippen molar-refractivity contribution < 1.29 is 22.7 Å². The number of carbonyl (C=O) groups excluding carboxylic acids is 1. The summed E-state index contributed by atoms with van der Waals surface area (Å²) in [5.74, 6) is 0.402. The molecular formula is C19H26F3N3O2.